The molecule has 162 valence electrons. The van der Waals surface area contributed by atoms with E-state index in [-0.39, 0.29) is 33.6 Å². The van der Waals surface area contributed by atoms with E-state index < -0.39 is 0 Å². The van der Waals surface area contributed by atoms with Crippen LogP contribution in [0.25, 0.3) is 0 Å². The Hall–Kier alpha value is 0.573. The fraction of sp³-hybridized carbons (Fsp3) is 0.545. The Bertz CT molecular complexity index is 307. The second-order valence-corrected chi connectivity index (χ2v) is 13.4. The van der Waals surface area contributed by atoms with Gasteiger partial charge in [-0.25, -0.2) is 12.1 Å². The average Bonchev–Trinajstić information content (AvgIpc) is 3.16. The fourth-order valence-electron chi connectivity index (χ4n) is 2.18. The van der Waals surface area contributed by atoms with Crippen LogP contribution in [0.5, 0.6) is 0 Å². The predicted molar refractivity (Wildman–Crippen MR) is 124 cm³/mol. The van der Waals surface area contributed by atoms with E-state index in [9.17, 15) is 0 Å². The zero-order valence-corrected chi connectivity index (χ0v) is 22.3. The summed E-state index contributed by atoms with van der Waals surface area (Å²) in [6, 6.07) is 20.0. The van der Waals surface area contributed by atoms with E-state index >= 15 is 0 Å². The average molecular weight is 486 g/mol. The monoisotopic (exact) mass is 486 g/mol. The summed E-state index contributed by atoms with van der Waals surface area (Å²) in [6.45, 7) is 18.4. The zero-order chi connectivity index (χ0) is 18.8. The van der Waals surface area contributed by atoms with Gasteiger partial charge in [-0.3, -0.25) is 0 Å². The third-order valence-corrected chi connectivity index (χ3v) is 5.73. The molecule has 2 rings (SSSR count). The van der Waals surface area contributed by atoms with E-state index in [4.69, 9.17) is 0 Å². The van der Waals surface area contributed by atoms with Gasteiger partial charge in [0.1, 0.15) is 0 Å². The number of rotatable bonds is 4. The van der Waals surface area contributed by atoms with Gasteiger partial charge < -0.3 is 30.3 Å². The Morgan fingerprint density at radius 3 is 0.808 bits per heavy atom. The van der Waals surface area contributed by atoms with Crippen molar-refractivity contribution in [2.45, 2.75) is 78.0 Å². The molecule has 2 aromatic carbocycles. The molecule has 2 radical (unpaired) electrons. The summed E-state index contributed by atoms with van der Waals surface area (Å²) in [4.78, 5) is 0. The molecule has 0 bridgehead atoms. The molecule has 0 unspecified atom stereocenters. The minimum atomic E-state index is 0. The van der Waals surface area contributed by atoms with Gasteiger partial charge in [0.2, 0.25) is 0 Å². The summed E-state index contributed by atoms with van der Waals surface area (Å²) < 4.78 is 0. The van der Waals surface area contributed by atoms with Gasteiger partial charge in [-0.05, 0) is 72.6 Å². The molecule has 2 aromatic rings. The van der Waals surface area contributed by atoms with E-state index in [1.54, 1.807) is 0 Å². The Morgan fingerprint density at radius 1 is 0.500 bits per heavy atom. The maximum atomic E-state index is 2.30. The maximum absolute atomic E-state index is 2.30. The van der Waals surface area contributed by atoms with Crippen molar-refractivity contribution in [3.05, 3.63) is 60.7 Å². The first-order valence-electron chi connectivity index (χ1n) is 9.29. The third-order valence-electron chi connectivity index (χ3n) is 2.65. The molecule has 0 saturated carbocycles. The molecule has 0 amide bonds. The van der Waals surface area contributed by atoms with Crippen LogP contribution in [0.2, 0.25) is 0 Å². The quantitative estimate of drug-likeness (QED) is 0.316. The summed E-state index contributed by atoms with van der Waals surface area (Å²) in [7, 11) is 1.43. The van der Waals surface area contributed by atoms with Gasteiger partial charge in [-0.1, -0.05) is 0 Å². The Labute approximate surface area is 188 Å². The SMILES string of the molecule is CC(C)[PH2+]C(C)C.CC(C)[PH2+]C(C)C.[Co].[Co].[cH-]1[cH-][cH-][cH-][cH-]1.c1cc[cH-]c1. The van der Waals surface area contributed by atoms with E-state index in [1.165, 1.54) is 0 Å². The van der Waals surface area contributed by atoms with Gasteiger partial charge in [-0.2, -0.15) is 18.2 Å². The molecule has 0 atom stereocenters. The Kier molecular flexibility index (Phi) is 33.5. The van der Waals surface area contributed by atoms with Crippen LogP contribution in [0, 0.1) is 0 Å². The van der Waals surface area contributed by atoms with Crippen LogP contribution in [0.15, 0.2) is 60.7 Å². The minimum Gasteiger partial charge on any atom is -0.748 e. The number of hydrogen-bond acceptors (Lipinski definition) is 0. The normalized spacial score (nSPS) is 9.08. The van der Waals surface area contributed by atoms with Gasteiger partial charge in [0, 0.05) is 33.6 Å². The van der Waals surface area contributed by atoms with Crippen LogP contribution in [0.4, 0.5) is 0 Å². The van der Waals surface area contributed by atoms with Crippen molar-refractivity contribution < 1.29 is 33.6 Å². The first-order valence-corrected chi connectivity index (χ1v) is 12.0. The molecule has 0 heterocycles. The molecule has 4 heteroatoms. The van der Waals surface area contributed by atoms with Crippen molar-refractivity contribution in [2.24, 2.45) is 0 Å². The molecule has 0 aliphatic rings. The van der Waals surface area contributed by atoms with Crippen molar-refractivity contribution in [1.29, 1.82) is 0 Å². The van der Waals surface area contributed by atoms with E-state index in [0.717, 1.165) is 22.6 Å². The van der Waals surface area contributed by atoms with Crippen LogP contribution >= 0.6 is 17.2 Å². The Balaban J connectivity index is -0.000000122. The molecule has 0 aromatic heterocycles. The number of hydrogen-bond donors (Lipinski definition) is 0. The molecule has 0 N–H and O–H groups in total. The van der Waals surface area contributed by atoms with Gasteiger partial charge in [0.15, 0.2) is 0 Å². The van der Waals surface area contributed by atoms with Gasteiger partial charge in [-0.15, -0.1) is 0 Å². The molecule has 0 saturated heterocycles. The summed E-state index contributed by atoms with van der Waals surface area (Å²) in [6.07, 6.45) is 0. The second-order valence-electron chi connectivity index (χ2n) is 7.29. The standard InChI is InChI=1S/2C6H15P.2C5H5.2Co/c2*1-5(2)7-6(3)4;2*1-2-4-5-3-1;;/h2*5-7H,1-4H3;2*1-5H;;/q;;-5;-1;;/p+2. The van der Waals surface area contributed by atoms with Crippen molar-refractivity contribution >= 4 is 17.2 Å². The first-order chi connectivity index (χ1) is 11.3. The topological polar surface area (TPSA) is 0 Å². The molecular weight excluding hydrogens is 444 g/mol. The van der Waals surface area contributed by atoms with Gasteiger partial charge in [0.05, 0.1) is 22.6 Å². The zero-order valence-electron chi connectivity index (χ0n) is 17.9. The fourth-order valence-corrected chi connectivity index (χ4v) is 5.26. The van der Waals surface area contributed by atoms with Gasteiger partial charge >= 0.3 is 0 Å². The molecule has 0 fully saturated rings. The van der Waals surface area contributed by atoms with Crippen molar-refractivity contribution in [3.8, 4) is 0 Å². The third kappa shape index (κ3) is 39.6. The largest absolute Gasteiger partial charge is 0.748 e. The van der Waals surface area contributed by atoms with Crippen LogP contribution in [-0.4, -0.2) is 22.6 Å². The van der Waals surface area contributed by atoms with Crippen LogP contribution in [0.3, 0.4) is 0 Å². The first kappa shape index (κ1) is 34.1. The van der Waals surface area contributed by atoms with Crippen molar-refractivity contribution in [2.75, 3.05) is 0 Å². The van der Waals surface area contributed by atoms with Crippen molar-refractivity contribution in [1.82, 2.24) is 0 Å². The summed E-state index contributed by atoms with van der Waals surface area (Å²) in [5, 5.41) is 0. The molecule has 0 spiro atoms. The van der Waals surface area contributed by atoms with E-state index in [1.807, 2.05) is 60.7 Å². The Morgan fingerprint density at radius 2 is 0.731 bits per heavy atom. The maximum Gasteiger partial charge on any atom is 0.0599 e. The summed E-state index contributed by atoms with van der Waals surface area (Å²) in [5.74, 6) is 0. The minimum absolute atomic E-state index is 0. The molecule has 26 heavy (non-hydrogen) atoms. The smallest absolute Gasteiger partial charge is 0.0599 e. The van der Waals surface area contributed by atoms with E-state index in [0.29, 0.717) is 17.2 Å². The summed E-state index contributed by atoms with van der Waals surface area (Å²) in [5.41, 5.74) is 3.83. The molecule has 0 nitrogen and oxygen atoms in total. The van der Waals surface area contributed by atoms with Crippen molar-refractivity contribution in [3.63, 3.8) is 0 Å². The van der Waals surface area contributed by atoms with Crippen LogP contribution in [-0.2, 0) is 33.6 Å². The molecule has 0 aliphatic carbocycles. The second kappa shape index (κ2) is 25.6. The van der Waals surface area contributed by atoms with Crippen LogP contribution < -0.4 is 0 Å². The predicted octanol–water partition coefficient (Wildman–Crippen LogP) is 7.23. The molecular formula is C22H42Co2P2-4. The van der Waals surface area contributed by atoms with E-state index in [2.05, 4.69) is 55.4 Å². The molecule has 0 aliphatic heterocycles. The van der Waals surface area contributed by atoms with Gasteiger partial charge in [0.25, 0.3) is 0 Å². The van der Waals surface area contributed by atoms with Crippen LogP contribution in [0.1, 0.15) is 55.4 Å². The summed E-state index contributed by atoms with van der Waals surface area (Å²) >= 11 is 0.